The largest absolute Gasteiger partial charge is 0.507 e. The van der Waals surface area contributed by atoms with Crippen LogP contribution in [0.2, 0.25) is 0 Å². The Kier molecular flexibility index (Phi) is 3.51. The first-order chi connectivity index (χ1) is 10.6. The van der Waals surface area contributed by atoms with Crippen LogP contribution in [0.5, 0.6) is 5.75 Å². The first-order valence-electron chi connectivity index (χ1n) is 6.98. The Balaban J connectivity index is 2.23. The van der Waals surface area contributed by atoms with E-state index in [2.05, 4.69) is 4.99 Å². The van der Waals surface area contributed by atoms with Crippen molar-refractivity contribution in [3.63, 3.8) is 0 Å². The van der Waals surface area contributed by atoms with Gasteiger partial charge in [0.05, 0.1) is 22.7 Å². The topological polar surface area (TPSA) is 52.9 Å². The zero-order chi connectivity index (χ0) is 15.7. The molecule has 0 atom stereocenters. The number of carbonyl (C=O) groups excluding carboxylic acids is 1. The van der Waals surface area contributed by atoms with E-state index in [1.165, 1.54) is 0 Å². The maximum atomic E-state index is 12.5. The number of allylic oxidation sites excluding steroid dienone is 2. The van der Waals surface area contributed by atoms with E-state index in [0.29, 0.717) is 22.5 Å². The number of fused-ring (bicyclic) bond motifs is 1. The lowest BCUT2D eigenvalue weighted by molar-refractivity contribution is 0.100. The lowest BCUT2D eigenvalue weighted by atomic mass is 9.91. The number of rotatable bonds is 2. The van der Waals surface area contributed by atoms with Gasteiger partial charge in [0.1, 0.15) is 5.75 Å². The van der Waals surface area contributed by atoms with Gasteiger partial charge in [0.15, 0.2) is 0 Å². The first-order valence-corrected chi connectivity index (χ1v) is 6.98. The number of Topliss-reactive ketones (excluding diaryl/α,β-unsaturated/α-hetero) is 1. The van der Waals surface area contributed by atoms with Crippen molar-refractivity contribution in [1.29, 1.82) is 0 Å². The average molecular weight is 292 g/mol. The Labute approximate surface area is 129 Å². The van der Waals surface area contributed by atoms with Gasteiger partial charge in [-0.15, -0.1) is 0 Å². The third-order valence-electron chi connectivity index (χ3n) is 3.54. The summed E-state index contributed by atoms with van der Waals surface area (Å²) in [7, 11) is 3.63. The van der Waals surface area contributed by atoms with Crippen molar-refractivity contribution in [1.82, 2.24) is 4.90 Å². The second kappa shape index (κ2) is 5.48. The molecule has 0 radical (unpaired) electrons. The number of phenolic OH excluding ortho intramolecular Hbond substituents is 1. The molecule has 110 valence electrons. The molecule has 3 rings (SSSR count). The van der Waals surface area contributed by atoms with Crippen molar-refractivity contribution in [3.05, 3.63) is 71.4 Å². The molecule has 0 bridgehead atoms. The van der Waals surface area contributed by atoms with Crippen LogP contribution < -0.4 is 0 Å². The molecule has 4 nitrogen and oxygen atoms in total. The van der Waals surface area contributed by atoms with Crippen molar-refractivity contribution in [2.75, 3.05) is 14.1 Å². The van der Waals surface area contributed by atoms with E-state index >= 15 is 0 Å². The van der Waals surface area contributed by atoms with Crippen molar-refractivity contribution < 1.29 is 9.90 Å². The van der Waals surface area contributed by atoms with E-state index in [-0.39, 0.29) is 11.5 Å². The molecular formula is C18H16N2O2. The first kappa shape index (κ1) is 14.1. The van der Waals surface area contributed by atoms with Gasteiger partial charge in [-0.2, -0.15) is 0 Å². The van der Waals surface area contributed by atoms with E-state index in [1.807, 2.05) is 44.4 Å². The molecule has 1 aliphatic rings. The molecule has 22 heavy (non-hydrogen) atoms. The minimum Gasteiger partial charge on any atom is -0.507 e. The molecule has 0 aliphatic heterocycles. The van der Waals surface area contributed by atoms with E-state index in [9.17, 15) is 9.90 Å². The quantitative estimate of drug-likeness (QED) is 0.925. The summed E-state index contributed by atoms with van der Waals surface area (Å²) in [4.78, 5) is 18.9. The molecule has 2 aromatic carbocycles. The number of carbonyl (C=O) groups is 1. The molecule has 1 aliphatic carbocycles. The average Bonchev–Trinajstić information content (AvgIpc) is 2.51. The second-order valence-corrected chi connectivity index (χ2v) is 5.29. The summed E-state index contributed by atoms with van der Waals surface area (Å²) in [5.74, 6) is -0.0440. The van der Waals surface area contributed by atoms with Crippen molar-refractivity contribution in [2.24, 2.45) is 4.99 Å². The van der Waals surface area contributed by atoms with Crippen LogP contribution in [0.1, 0.15) is 15.9 Å². The maximum absolute atomic E-state index is 12.5. The molecule has 1 N–H and O–H groups in total. The number of likely N-dealkylation sites (N-methyl/N-ethyl adjacent to an activating group) is 1. The molecule has 0 saturated heterocycles. The van der Waals surface area contributed by atoms with E-state index in [1.54, 1.807) is 29.2 Å². The van der Waals surface area contributed by atoms with Gasteiger partial charge in [0.25, 0.3) is 0 Å². The molecule has 4 heteroatoms. The molecule has 0 heterocycles. The predicted molar refractivity (Wildman–Crippen MR) is 86.8 cm³/mol. The van der Waals surface area contributed by atoms with E-state index in [0.717, 1.165) is 5.69 Å². The lowest BCUT2D eigenvalue weighted by Crippen LogP contribution is -2.26. The Hall–Kier alpha value is -2.88. The summed E-state index contributed by atoms with van der Waals surface area (Å²) in [5.41, 5.74) is 2.87. The van der Waals surface area contributed by atoms with Gasteiger partial charge in [0, 0.05) is 19.7 Å². The molecule has 0 fully saturated rings. The predicted octanol–water partition coefficient (Wildman–Crippen LogP) is 3.15. The number of hydrogen-bond acceptors (Lipinski definition) is 4. The number of aromatic hydroxyl groups is 1. The Morgan fingerprint density at radius 2 is 1.73 bits per heavy atom. The Morgan fingerprint density at radius 1 is 1.00 bits per heavy atom. The van der Waals surface area contributed by atoms with Gasteiger partial charge >= 0.3 is 0 Å². The van der Waals surface area contributed by atoms with Crippen molar-refractivity contribution >= 4 is 17.2 Å². The molecular weight excluding hydrogens is 276 g/mol. The van der Waals surface area contributed by atoms with Crippen LogP contribution in [0.25, 0.3) is 0 Å². The Morgan fingerprint density at radius 3 is 2.41 bits per heavy atom. The number of nitrogens with zero attached hydrogens (tertiary/aromatic N) is 2. The van der Waals surface area contributed by atoms with Crippen molar-refractivity contribution in [2.45, 2.75) is 0 Å². The minimum atomic E-state index is -0.108. The highest BCUT2D eigenvalue weighted by atomic mass is 16.3. The highest BCUT2D eigenvalue weighted by Gasteiger charge is 2.27. The molecule has 0 saturated carbocycles. The van der Waals surface area contributed by atoms with E-state index < -0.39 is 0 Å². The number of benzene rings is 2. The van der Waals surface area contributed by atoms with Crippen LogP contribution >= 0.6 is 0 Å². The minimum absolute atomic E-state index is 0.0644. The van der Waals surface area contributed by atoms with Gasteiger partial charge in [-0.25, -0.2) is 4.99 Å². The zero-order valence-electron chi connectivity index (χ0n) is 12.4. The fourth-order valence-electron chi connectivity index (χ4n) is 2.47. The zero-order valence-corrected chi connectivity index (χ0v) is 12.4. The lowest BCUT2D eigenvalue weighted by Gasteiger charge is -2.23. The third kappa shape index (κ3) is 2.39. The van der Waals surface area contributed by atoms with Gasteiger partial charge in [0.2, 0.25) is 5.78 Å². The highest BCUT2D eigenvalue weighted by molar-refractivity contribution is 6.27. The molecule has 0 unspecified atom stereocenters. The SMILES string of the molecule is CN(C)C1=CC(=Nc2ccccc2)c2c(O)cccc2C1=O. The summed E-state index contributed by atoms with van der Waals surface area (Å²) >= 11 is 0. The fourth-order valence-corrected chi connectivity index (χ4v) is 2.47. The summed E-state index contributed by atoms with van der Waals surface area (Å²) in [6.07, 6.45) is 1.72. The van der Waals surface area contributed by atoms with Crippen molar-refractivity contribution in [3.8, 4) is 5.75 Å². The van der Waals surface area contributed by atoms with Crippen LogP contribution in [0.3, 0.4) is 0 Å². The van der Waals surface area contributed by atoms with Crippen LogP contribution in [0.4, 0.5) is 5.69 Å². The van der Waals surface area contributed by atoms with Gasteiger partial charge in [-0.3, -0.25) is 4.79 Å². The monoisotopic (exact) mass is 292 g/mol. The van der Waals surface area contributed by atoms with Gasteiger partial charge in [-0.1, -0.05) is 30.3 Å². The third-order valence-corrected chi connectivity index (χ3v) is 3.54. The van der Waals surface area contributed by atoms with Crippen LogP contribution in [0.15, 0.2) is 65.3 Å². The van der Waals surface area contributed by atoms with Gasteiger partial charge < -0.3 is 10.0 Å². The summed E-state index contributed by atoms with van der Waals surface area (Å²) < 4.78 is 0. The molecule has 0 amide bonds. The standard InChI is InChI=1S/C18H16N2O2/c1-20(2)15-11-14(19-12-7-4-3-5-8-12)17-13(18(15)22)9-6-10-16(17)21/h3-11,21H,1-2H3. The van der Waals surface area contributed by atoms with Crippen LogP contribution in [-0.2, 0) is 0 Å². The van der Waals surface area contributed by atoms with Gasteiger partial charge in [-0.05, 0) is 24.3 Å². The molecule has 0 spiro atoms. The number of phenols is 1. The molecule has 2 aromatic rings. The summed E-state index contributed by atoms with van der Waals surface area (Å²) in [6, 6.07) is 14.4. The van der Waals surface area contributed by atoms with E-state index in [4.69, 9.17) is 0 Å². The summed E-state index contributed by atoms with van der Waals surface area (Å²) in [5, 5.41) is 10.2. The summed E-state index contributed by atoms with van der Waals surface area (Å²) in [6.45, 7) is 0. The number of para-hydroxylation sites is 1. The second-order valence-electron chi connectivity index (χ2n) is 5.29. The van der Waals surface area contributed by atoms with Crippen LogP contribution in [0, 0.1) is 0 Å². The number of aliphatic imine (C=N–C) groups is 1. The number of hydrogen-bond donors (Lipinski definition) is 1. The molecule has 0 aromatic heterocycles. The Bertz CT molecular complexity index is 790. The van der Waals surface area contributed by atoms with Crippen LogP contribution in [-0.4, -0.2) is 35.6 Å². The normalized spacial score (nSPS) is 15.5. The fraction of sp³-hybridized carbons (Fsp3) is 0.111. The maximum Gasteiger partial charge on any atom is 0.209 e. The highest BCUT2D eigenvalue weighted by Crippen LogP contribution is 2.30. The smallest absolute Gasteiger partial charge is 0.209 e. The number of ketones is 1.